The lowest BCUT2D eigenvalue weighted by molar-refractivity contribution is 0.158. The second-order valence-electron chi connectivity index (χ2n) is 11.0. The van der Waals surface area contributed by atoms with Crippen molar-refractivity contribution in [2.75, 3.05) is 16.3 Å². The van der Waals surface area contributed by atoms with Gasteiger partial charge in [0.05, 0.1) is 35.2 Å². The van der Waals surface area contributed by atoms with E-state index in [1.54, 1.807) is 5.57 Å². The van der Waals surface area contributed by atoms with Gasteiger partial charge in [-0.1, -0.05) is 53.6 Å². The van der Waals surface area contributed by atoms with Gasteiger partial charge in [0.1, 0.15) is 0 Å². The van der Waals surface area contributed by atoms with E-state index in [0.29, 0.717) is 5.92 Å². The lowest BCUT2D eigenvalue weighted by atomic mass is 9.85. The number of ether oxygens (including phenoxy) is 1. The van der Waals surface area contributed by atoms with E-state index < -0.39 is 0 Å². The zero-order valence-corrected chi connectivity index (χ0v) is 24.0. The zero-order valence-electron chi connectivity index (χ0n) is 21.8. The Balaban J connectivity index is 1.21. The Morgan fingerprint density at radius 3 is 2.86 bits per heavy atom. The Morgan fingerprint density at radius 2 is 1.97 bits per heavy atom. The molecule has 4 aliphatic rings. The van der Waals surface area contributed by atoms with Crippen molar-refractivity contribution in [3.8, 4) is 0 Å². The highest BCUT2D eigenvalue weighted by Gasteiger charge is 2.27. The standard InChI is InChI=1S/C34H32INO/c1-20-6-4-7-29-26(21(2)22(3)32(20)29)15-17-37-19-25-12-10-23-9-11-24-18-31-28(8-5-16-36(31)35)30-14-13-27(25)33(23)34(24)30/h4-8,11,13-14,16,18,26H,9-10,12,15,17,19H2,1-3H3. The lowest BCUT2D eigenvalue weighted by Gasteiger charge is -2.23. The molecule has 3 aliphatic carbocycles. The molecule has 37 heavy (non-hydrogen) atoms. The summed E-state index contributed by atoms with van der Waals surface area (Å²) in [6, 6.07) is 13.9. The monoisotopic (exact) mass is 597 g/mol. The van der Waals surface area contributed by atoms with Crippen LogP contribution >= 0.6 is 22.9 Å². The van der Waals surface area contributed by atoms with E-state index in [1.165, 1.54) is 70.7 Å². The fraction of sp³-hybridized carbons (Fsp3) is 0.294. The van der Waals surface area contributed by atoms with Gasteiger partial charge in [0.25, 0.3) is 0 Å². The van der Waals surface area contributed by atoms with Gasteiger partial charge in [-0.15, -0.1) is 0 Å². The van der Waals surface area contributed by atoms with E-state index in [4.69, 9.17) is 4.74 Å². The molecule has 0 saturated heterocycles. The normalized spacial score (nSPS) is 19.2. The molecule has 7 rings (SSSR count). The van der Waals surface area contributed by atoms with Gasteiger partial charge in [-0.3, -0.25) is 3.11 Å². The number of benzene rings is 3. The van der Waals surface area contributed by atoms with Gasteiger partial charge in [0, 0.05) is 23.9 Å². The number of allylic oxidation sites excluding steroid dienone is 3. The summed E-state index contributed by atoms with van der Waals surface area (Å²) < 4.78 is 8.63. The Hall–Kier alpha value is -2.63. The number of rotatable bonds is 5. The molecule has 0 bridgehead atoms. The third kappa shape index (κ3) is 3.61. The van der Waals surface area contributed by atoms with Gasteiger partial charge in [0.2, 0.25) is 0 Å². The molecule has 1 atom stereocenters. The molecule has 3 aromatic carbocycles. The number of aryl methyl sites for hydroxylation is 1. The van der Waals surface area contributed by atoms with Gasteiger partial charge < -0.3 is 4.74 Å². The first-order valence-electron chi connectivity index (χ1n) is 13.5. The number of halogens is 1. The molecule has 0 N–H and O–H groups in total. The molecule has 2 nitrogen and oxygen atoms in total. The van der Waals surface area contributed by atoms with Crippen LogP contribution < -0.4 is 24.0 Å². The van der Waals surface area contributed by atoms with Crippen LogP contribution in [0.1, 0.15) is 62.1 Å². The van der Waals surface area contributed by atoms with Crippen molar-refractivity contribution in [1.29, 1.82) is 0 Å². The van der Waals surface area contributed by atoms with Gasteiger partial charge in [-0.05, 0) is 113 Å². The molecule has 0 amide bonds. The maximum absolute atomic E-state index is 6.42. The number of nitrogens with zero attached hydrogens (tertiary/aromatic N) is 1. The van der Waals surface area contributed by atoms with Crippen molar-refractivity contribution in [3.05, 3.63) is 91.8 Å². The third-order valence-corrected chi connectivity index (χ3v) is 9.93. The van der Waals surface area contributed by atoms with Gasteiger partial charge in [-0.25, -0.2) is 0 Å². The summed E-state index contributed by atoms with van der Waals surface area (Å²) in [7, 11) is 0. The maximum Gasteiger partial charge on any atom is 0.0685 e. The Labute approximate surface area is 232 Å². The first-order valence-corrected chi connectivity index (χ1v) is 14.5. The average molecular weight is 598 g/mol. The highest BCUT2D eigenvalue weighted by atomic mass is 127. The van der Waals surface area contributed by atoms with Crippen molar-refractivity contribution < 1.29 is 4.74 Å². The first kappa shape index (κ1) is 23.5. The molecular formula is C34H32INO. The fourth-order valence-corrected chi connectivity index (χ4v) is 7.72. The number of hydrogen-bond acceptors (Lipinski definition) is 2. The predicted molar refractivity (Wildman–Crippen MR) is 165 cm³/mol. The molecule has 0 aromatic heterocycles. The van der Waals surface area contributed by atoms with Crippen molar-refractivity contribution in [2.45, 2.75) is 52.4 Å². The summed E-state index contributed by atoms with van der Waals surface area (Å²) in [5.41, 5.74) is 11.7. The maximum atomic E-state index is 6.42. The SMILES string of the molecule is CC1=C(C)C(CCOCC2=c3ccc4c5c(cc6c4c3=C(CC=6)CC2)N(I)C=CC=5)c2cccc(C)c21. The topological polar surface area (TPSA) is 12.5 Å². The highest BCUT2D eigenvalue weighted by Crippen LogP contribution is 2.44. The van der Waals surface area contributed by atoms with E-state index in [1.807, 2.05) is 0 Å². The molecule has 3 heteroatoms. The third-order valence-electron chi connectivity index (χ3n) is 9.09. The quantitative estimate of drug-likeness (QED) is 0.207. The van der Waals surface area contributed by atoms with Crippen molar-refractivity contribution in [2.24, 2.45) is 0 Å². The van der Waals surface area contributed by atoms with Gasteiger partial charge >= 0.3 is 0 Å². The highest BCUT2D eigenvalue weighted by molar-refractivity contribution is 14.1. The van der Waals surface area contributed by atoms with Crippen LogP contribution in [0.5, 0.6) is 0 Å². The van der Waals surface area contributed by atoms with Crippen LogP contribution in [0.3, 0.4) is 0 Å². The smallest absolute Gasteiger partial charge is 0.0685 e. The predicted octanol–water partition coefficient (Wildman–Crippen LogP) is 5.89. The van der Waals surface area contributed by atoms with Crippen LogP contribution in [0, 0.1) is 6.92 Å². The van der Waals surface area contributed by atoms with Crippen LogP contribution in [-0.4, -0.2) is 13.2 Å². The van der Waals surface area contributed by atoms with Crippen LogP contribution in [-0.2, 0) is 4.74 Å². The van der Waals surface area contributed by atoms with Gasteiger partial charge in [-0.2, -0.15) is 0 Å². The number of fused-ring (bicyclic) bond motifs is 3. The molecule has 1 aliphatic heterocycles. The minimum Gasteiger partial charge on any atom is -0.377 e. The minimum atomic E-state index is 0.486. The van der Waals surface area contributed by atoms with Crippen LogP contribution in [0.25, 0.3) is 39.6 Å². The molecule has 0 radical (unpaired) electrons. The summed E-state index contributed by atoms with van der Waals surface area (Å²) in [5, 5.41) is 8.47. The van der Waals surface area contributed by atoms with E-state index in [9.17, 15) is 0 Å². The molecule has 186 valence electrons. The zero-order chi connectivity index (χ0) is 25.3. The van der Waals surface area contributed by atoms with Crippen molar-refractivity contribution in [3.63, 3.8) is 0 Å². The Kier molecular flexibility index (Phi) is 5.71. The lowest BCUT2D eigenvalue weighted by Crippen LogP contribution is -2.39. The molecule has 3 aromatic rings. The largest absolute Gasteiger partial charge is 0.377 e. The van der Waals surface area contributed by atoms with Crippen LogP contribution in [0.4, 0.5) is 5.69 Å². The van der Waals surface area contributed by atoms with Gasteiger partial charge in [0.15, 0.2) is 0 Å². The summed E-state index contributed by atoms with van der Waals surface area (Å²) in [4.78, 5) is 0. The summed E-state index contributed by atoms with van der Waals surface area (Å²) in [5.74, 6) is 0.486. The van der Waals surface area contributed by atoms with E-state index in [2.05, 4.69) is 108 Å². The molecule has 0 saturated carbocycles. The molecule has 0 fully saturated rings. The second-order valence-corrected chi connectivity index (χ2v) is 12.0. The molecular weight excluding hydrogens is 565 g/mol. The summed E-state index contributed by atoms with van der Waals surface area (Å²) >= 11 is 2.39. The fourth-order valence-electron chi connectivity index (χ4n) is 7.13. The summed E-state index contributed by atoms with van der Waals surface area (Å²) in [6.45, 7) is 8.37. The van der Waals surface area contributed by atoms with E-state index in [-0.39, 0.29) is 0 Å². The first-order chi connectivity index (χ1) is 18.0. The van der Waals surface area contributed by atoms with Crippen molar-refractivity contribution >= 4 is 68.2 Å². The van der Waals surface area contributed by atoms with Crippen LogP contribution in [0.15, 0.2) is 54.2 Å². The Bertz CT molecular complexity index is 1810. The minimum absolute atomic E-state index is 0.486. The number of anilines is 1. The summed E-state index contributed by atoms with van der Waals surface area (Å²) in [6.07, 6.45) is 13.4. The van der Waals surface area contributed by atoms with Crippen LogP contribution in [0.2, 0.25) is 0 Å². The van der Waals surface area contributed by atoms with Crippen molar-refractivity contribution in [1.82, 2.24) is 0 Å². The molecule has 1 heterocycles. The average Bonchev–Trinajstić information content (AvgIpc) is 3.16. The van der Waals surface area contributed by atoms with E-state index in [0.717, 1.165) is 38.9 Å². The molecule has 0 spiro atoms. The van der Waals surface area contributed by atoms with E-state index >= 15 is 0 Å². The number of hydrogen-bond donors (Lipinski definition) is 0. The molecule has 1 unspecified atom stereocenters. The second kappa shape index (κ2) is 8.99. The Morgan fingerprint density at radius 1 is 1.08 bits per heavy atom.